The molecule has 1 aliphatic heterocycles. The number of thiazole rings is 2. The molecule has 0 aromatic carbocycles. The van der Waals surface area contributed by atoms with Gasteiger partial charge < -0.3 is 4.90 Å². The van der Waals surface area contributed by atoms with Crippen LogP contribution in [0.15, 0.2) is 17.0 Å². The van der Waals surface area contributed by atoms with E-state index in [0.717, 1.165) is 43.8 Å². The zero-order valence-corrected chi connectivity index (χ0v) is 16.9. The number of hydrogen-bond acceptors (Lipinski definition) is 6. The summed E-state index contributed by atoms with van der Waals surface area (Å²) in [5, 5.41) is 8.00. The third kappa shape index (κ3) is 4.38. The Kier molecular flexibility index (Phi) is 5.83. The number of hydrogen-bond donors (Lipinski definition) is 1. The number of piperidine rings is 1. The van der Waals surface area contributed by atoms with E-state index in [1.807, 2.05) is 10.8 Å². The Balaban J connectivity index is 1.31. The molecule has 3 heterocycles. The summed E-state index contributed by atoms with van der Waals surface area (Å²) in [4.78, 5) is 35.6. The van der Waals surface area contributed by atoms with Crippen LogP contribution < -0.4 is 5.32 Å². The standard InChI is InChI=1S/C19H24N4O2S2/c24-16(22-19-20-8-11-26-19)15-12-27-17(21-15)13-6-9-23(10-7-13)18(25)14-4-2-1-3-5-14/h8,11-14H,1-7,9-10H2,(H,20,22,24). The quantitative estimate of drug-likeness (QED) is 0.831. The van der Waals surface area contributed by atoms with Gasteiger partial charge in [-0.05, 0) is 25.7 Å². The maximum Gasteiger partial charge on any atom is 0.276 e. The number of anilines is 1. The van der Waals surface area contributed by atoms with Gasteiger partial charge in [-0.15, -0.1) is 22.7 Å². The summed E-state index contributed by atoms with van der Waals surface area (Å²) < 4.78 is 0. The highest BCUT2D eigenvalue weighted by molar-refractivity contribution is 7.13. The van der Waals surface area contributed by atoms with E-state index in [4.69, 9.17) is 0 Å². The first-order valence-electron chi connectivity index (χ1n) is 9.66. The van der Waals surface area contributed by atoms with Crippen molar-refractivity contribution in [2.24, 2.45) is 5.92 Å². The molecular formula is C19H24N4O2S2. The molecule has 0 bridgehead atoms. The molecule has 2 fully saturated rings. The molecule has 2 aromatic rings. The van der Waals surface area contributed by atoms with Gasteiger partial charge in [0.15, 0.2) is 5.13 Å². The molecular weight excluding hydrogens is 380 g/mol. The second kappa shape index (κ2) is 8.48. The van der Waals surface area contributed by atoms with Crippen LogP contribution in [0.25, 0.3) is 0 Å². The summed E-state index contributed by atoms with van der Waals surface area (Å²) in [5.74, 6) is 0.733. The minimum atomic E-state index is -0.211. The molecule has 0 spiro atoms. The second-order valence-corrected chi connectivity index (χ2v) is 9.08. The average molecular weight is 405 g/mol. The number of carbonyl (C=O) groups is 2. The number of rotatable bonds is 4. The number of nitrogens with zero attached hydrogens (tertiary/aromatic N) is 3. The van der Waals surface area contributed by atoms with Gasteiger partial charge in [0.25, 0.3) is 5.91 Å². The predicted molar refractivity (Wildman–Crippen MR) is 107 cm³/mol. The highest BCUT2D eigenvalue weighted by Gasteiger charge is 2.30. The molecule has 27 heavy (non-hydrogen) atoms. The third-order valence-electron chi connectivity index (χ3n) is 5.52. The maximum atomic E-state index is 12.7. The molecule has 2 aliphatic rings. The van der Waals surface area contributed by atoms with Gasteiger partial charge in [0.2, 0.25) is 5.91 Å². The van der Waals surface area contributed by atoms with Crippen LogP contribution in [-0.4, -0.2) is 39.8 Å². The number of amides is 2. The molecule has 2 amide bonds. The molecule has 4 rings (SSSR count). The highest BCUT2D eigenvalue weighted by atomic mass is 32.1. The van der Waals surface area contributed by atoms with E-state index in [1.54, 1.807) is 17.5 Å². The van der Waals surface area contributed by atoms with Crippen LogP contribution in [-0.2, 0) is 4.79 Å². The molecule has 0 radical (unpaired) electrons. The molecule has 2 aromatic heterocycles. The van der Waals surface area contributed by atoms with Gasteiger partial charge in [0.1, 0.15) is 5.69 Å². The Labute approximate surface area is 167 Å². The van der Waals surface area contributed by atoms with Gasteiger partial charge in [0, 0.05) is 41.9 Å². The van der Waals surface area contributed by atoms with Crippen molar-refractivity contribution in [1.29, 1.82) is 0 Å². The van der Waals surface area contributed by atoms with Crippen molar-refractivity contribution in [2.45, 2.75) is 50.9 Å². The van der Waals surface area contributed by atoms with Gasteiger partial charge >= 0.3 is 0 Å². The van der Waals surface area contributed by atoms with Crippen molar-refractivity contribution >= 4 is 39.6 Å². The van der Waals surface area contributed by atoms with E-state index in [2.05, 4.69) is 20.2 Å². The van der Waals surface area contributed by atoms with Crippen LogP contribution in [0.3, 0.4) is 0 Å². The molecule has 6 nitrogen and oxygen atoms in total. The molecule has 8 heteroatoms. The van der Waals surface area contributed by atoms with Gasteiger partial charge in [0.05, 0.1) is 5.01 Å². The largest absolute Gasteiger partial charge is 0.342 e. The Morgan fingerprint density at radius 3 is 2.56 bits per heavy atom. The first-order valence-corrected chi connectivity index (χ1v) is 11.4. The van der Waals surface area contributed by atoms with E-state index in [9.17, 15) is 9.59 Å². The summed E-state index contributed by atoms with van der Waals surface area (Å²) in [5.41, 5.74) is 0.450. The lowest BCUT2D eigenvalue weighted by Gasteiger charge is -2.34. The van der Waals surface area contributed by atoms with Crippen LogP contribution in [0.5, 0.6) is 0 Å². The van der Waals surface area contributed by atoms with Crippen molar-refractivity contribution in [3.05, 3.63) is 27.7 Å². The van der Waals surface area contributed by atoms with Gasteiger partial charge in [-0.1, -0.05) is 19.3 Å². The summed E-state index contributed by atoms with van der Waals surface area (Å²) in [6, 6.07) is 0. The van der Waals surface area contributed by atoms with Gasteiger partial charge in [-0.2, -0.15) is 0 Å². The van der Waals surface area contributed by atoms with Crippen molar-refractivity contribution in [2.75, 3.05) is 18.4 Å². The van der Waals surface area contributed by atoms with E-state index in [1.165, 1.54) is 30.6 Å². The van der Waals surface area contributed by atoms with Crippen molar-refractivity contribution in [1.82, 2.24) is 14.9 Å². The summed E-state index contributed by atoms with van der Waals surface area (Å²) in [7, 11) is 0. The number of likely N-dealkylation sites (tertiary alicyclic amines) is 1. The van der Waals surface area contributed by atoms with Crippen LogP contribution >= 0.6 is 22.7 Å². The van der Waals surface area contributed by atoms with Crippen LogP contribution in [0.4, 0.5) is 5.13 Å². The first-order chi connectivity index (χ1) is 13.2. The molecule has 1 saturated carbocycles. The Bertz CT molecular complexity index is 775. The summed E-state index contributed by atoms with van der Waals surface area (Å²) in [6.07, 6.45) is 9.30. The van der Waals surface area contributed by atoms with Crippen molar-refractivity contribution in [3.63, 3.8) is 0 Å². The fourth-order valence-electron chi connectivity index (χ4n) is 3.98. The number of nitrogens with one attached hydrogen (secondary N) is 1. The molecule has 1 N–H and O–H groups in total. The predicted octanol–water partition coefficient (Wildman–Crippen LogP) is 4.14. The van der Waals surface area contributed by atoms with E-state index in [0.29, 0.717) is 22.7 Å². The Hall–Kier alpha value is -1.80. The third-order valence-corrected chi connectivity index (χ3v) is 7.21. The van der Waals surface area contributed by atoms with E-state index in [-0.39, 0.29) is 11.8 Å². The summed E-state index contributed by atoms with van der Waals surface area (Å²) in [6.45, 7) is 1.61. The minimum absolute atomic E-state index is 0.211. The van der Waals surface area contributed by atoms with Crippen molar-refractivity contribution in [3.8, 4) is 0 Å². The summed E-state index contributed by atoms with van der Waals surface area (Å²) >= 11 is 2.93. The number of carbonyl (C=O) groups excluding carboxylic acids is 2. The lowest BCUT2D eigenvalue weighted by atomic mass is 9.87. The lowest BCUT2D eigenvalue weighted by molar-refractivity contribution is -0.137. The van der Waals surface area contributed by atoms with Crippen LogP contribution in [0, 0.1) is 5.92 Å². The smallest absolute Gasteiger partial charge is 0.276 e. The van der Waals surface area contributed by atoms with Gasteiger partial charge in [-0.3, -0.25) is 14.9 Å². The van der Waals surface area contributed by atoms with E-state index >= 15 is 0 Å². The zero-order chi connectivity index (χ0) is 18.6. The number of aromatic nitrogens is 2. The maximum absolute atomic E-state index is 12.7. The first kappa shape index (κ1) is 18.6. The van der Waals surface area contributed by atoms with Crippen molar-refractivity contribution < 1.29 is 9.59 Å². The van der Waals surface area contributed by atoms with E-state index < -0.39 is 0 Å². The molecule has 0 unspecified atom stereocenters. The Morgan fingerprint density at radius 2 is 1.85 bits per heavy atom. The average Bonchev–Trinajstić information content (AvgIpc) is 3.40. The molecule has 1 aliphatic carbocycles. The van der Waals surface area contributed by atoms with Crippen LogP contribution in [0.1, 0.15) is 66.4 Å². The lowest BCUT2D eigenvalue weighted by Crippen LogP contribution is -2.41. The monoisotopic (exact) mass is 404 g/mol. The molecule has 1 saturated heterocycles. The normalized spacial score (nSPS) is 19.2. The molecule has 144 valence electrons. The van der Waals surface area contributed by atoms with Crippen LogP contribution in [0.2, 0.25) is 0 Å². The fourth-order valence-corrected chi connectivity index (χ4v) is 5.48. The zero-order valence-electron chi connectivity index (χ0n) is 15.2. The molecule has 0 atom stereocenters. The second-order valence-electron chi connectivity index (χ2n) is 7.30. The SMILES string of the molecule is O=C(Nc1nccs1)c1csc(C2CCN(C(=O)C3CCCCC3)CC2)n1. The topological polar surface area (TPSA) is 75.2 Å². The van der Waals surface area contributed by atoms with Gasteiger partial charge in [-0.25, -0.2) is 9.97 Å². The Morgan fingerprint density at radius 1 is 1.07 bits per heavy atom. The highest BCUT2D eigenvalue weighted by Crippen LogP contribution is 2.32. The minimum Gasteiger partial charge on any atom is -0.342 e. The fraction of sp³-hybridized carbons (Fsp3) is 0.579.